The summed E-state index contributed by atoms with van der Waals surface area (Å²) in [5.74, 6) is 0.990. The molecule has 2 rings (SSSR count). The van der Waals surface area contributed by atoms with Crippen LogP contribution in [0.15, 0.2) is 24.3 Å². The highest BCUT2D eigenvalue weighted by molar-refractivity contribution is 5.79. The third kappa shape index (κ3) is 3.97. The lowest BCUT2D eigenvalue weighted by Gasteiger charge is -2.28. The third-order valence-corrected chi connectivity index (χ3v) is 4.13. The van der Waals surface area contributed by atoms with E-state index in [9.17, 15) is 4.79 Å². The van der Waals surface area contributed by atoms with Gasteiger partial charge in [-0.2, -0.15) is 0 Å². The van der Waals surface area contributed by atoms with Gasteiger partial charge in [0.15, 0.2) is 6.04 Å². The zero-order chi connectivity index (χ0) is 14.4. The van der Waals surface area contributed by atoms with Crippen LogP contribution in [0.3, 0.4) is 0 Å². The van der Waals surface area contributed by atoms with Crippen LogP contribution in [-0.2, 0) is 11.3 Å². The summed E-state index contributed by atoms with van der Waals surface area (Å²) < 4.78 is 5.12. The highest BCUT2D eigenvalue weighted by atomic mass is 16.5. The van der Waals surface area contributed by atoms with E-state index in [1.807, 2.05) is 31.2 Å². The summed E-state index contributed by atoms with van der Waals surface area (Å²) in [6, 6.07) is 7.85. The Morgan fingerprint density at radius 1 is 1.25 bits per heavy atom. The van der Waals surface area contributed by atoms with Crippen molar-refractivity contribution >= 4 is 5.91 Å². The summed E-state index contributed by atoms with van der Waals surface area (Å²) in [6.45, 7) is 4.86. The van der Waals surface area contributed by atoms with Gasteiger partial charge in [0.1, 0.15) is 5.75 Å². The Morgan fingerprint density at radius 2 is 1.90 bits per heavy atom. The van der Waals surface area contributed by atoms with Crippen LogP contribution in [0.2, 0.25) is 0 Å². The SMILES string of the molecule is COc1ccc(CNC(=O)[C@H](C)[NH+]2CCCCC2)cc1. The minimum absolute atomic E-state index is 0.0496. The first-order valence-corrected chi connectivity index (χ1v) is 7.46. The standard InChI is InChI=1S/C16H24N2O2/c1-13(18-10-4-3-5-11-18)16(19)17-12-14-6-8-15(20-2)9-7-14/h6-9,13H,3-5,10-12H2,1-2H3,(H,17,19)/p+1/t13-/m0/s1. The number of amides is 1. The molecular weight excluding hydrogens is 252 g/mol. The topological polar surface area (TPSA) is 42.8 Å². The van der Waals surface area contributed by atoms with E-state index in [4.69, 9.17) is 4.74 Å². The first-order chi connectivity index (χ1) is 9.70. The summed E-state index contributed by atoms with van der Waals surface area (Å²) in [5, 5.41) is 3.03. The van der Waals surface area contributed by atoms with Crippen LogP contribution in [-0.4, -0.2) is 32.1 Å². The number of hydrogen-bond donors (Lipinski definition) is 2. The summed E-state index contributed by atoms with van der Waals surface area (Å²) in [4.78, 5) is 13.6. The van der Waals surface area contributed by atoms with Crippen molar-refractivity contribution in [2.24, 2.45) is 0 Å². The molecule has 1 aliphatic rings. The molecule has 1 atom stereocenters. The number of piperidine rings is 1. The molecule has 2 N–H and O–H groups in total. The van der Waals surface area contributed by atoms with Crippen LogP contribution in [0.25, 0.3) is 0 Å². The highest BCUT2D eigenvalue weighted by Gasteiger charge is 2.26. The van der Waals surface area contributed by atoms with Gasteiger partial charge in [-0.15, -0.1) is 0 Å². The van der Waals surface area contributed by atoms with Crippen molar-refractivity contribution in [2.45, 2.75) is 38.8 Å². The van der Waals surface area contributed by atoms with Crippen molar-refractivity contribution in [1.82, 2.24) is 5.32 Å². The first kappa shape index (κ1) is 14.9. The maximum atomic E-state index is 12.2. The number of carbonyl (C=O) groups is 1. The summed E-state index contributed by atoms with van der Waals surface area (Å²) in [6.07, 6.45) is 3.79. The van der Waals surface area contributed by atoms with Crippen LogP contribution in [0.5, 0.6) is 5.75 Å². The summed E-state index contributed by atoms with van der Waals surface area (Å²) in [7, 11) is 1.65. The fourth-order valence-corrected chi connectivity index (χ4v) is 2.71. The average molecular weight is 277 g/mol. The molecule has 0 aromatic heterocycles. The molecule has 1 fully saturated rings. The van der Waals surface area contributed by atoms with Crippen molar-refractivity contribution in [1.29, 1.82) is 0 Å². The van der Waals surface area contributed by atoms with Crippen molar-refractivity contribution < 1.29 is 14.4 Å². The Hall–Kier alpha value is -1.55. The Balaban J connectivity index is 1.81. The van der Waals surface area contributed by atoms with Gasteiger partial charge in [0.25, 0.3) is 5.91 Å². The molecule has 0 bridgehead atoms. The molecule has 0 unspecified atom stereocenters. The van der Waals surface area contributed by atoms with Gasteiger partial charge in [-0.05, 0) is 43.9 Å². The lowest BCUT2D eigenvalue weighted by molar-refractivity contribution is -0.918. The van der Waals surface area contributed by atoms with Crippen LogP contribution in [0.4, 0.5) is 0 Å². The van der Waals surface area contributed by atoms with Crippen LogP contribution >= 0.6 is 0 Å². The lowest BCUT2D eigenvalue weighted by atomic mass is 10.1. The number of carbonyl (C=O) groups excluding carboxylic acids is 1. The first-order valence-electron chi connectivity index (χ1n) is 7.46. The number of nitrogens with one attached hydrogen (secondary N) is 2. The predicted octanol–water partition coefficient (Wildman–Crippen LogP) is 0.769. The highest BCUT2D eigenvalue weighted by Crippen LogP contribution is 2.10. The van der Waals surface area contributed by atoms with E-state index < -0.39 is 0 Å². The Bertz CT molecular complexity index is 425. The number of benzene rings is 1. The molecule has 110 valence electrons. The van der Waals surface area contributed by atoms with E-state index >= 15 is 0 Å². The zero-order valence-electron chi connectivity index (χ0n) is 12.4. The number of hydrogen-bond acceptors (Lipinski definition) is 2. The quantitative estimate of drug-likeness (QED) is 0.835. The van der Waals surface area contributed by atoms with Crippen LogP contribution in [0, 0.1) is 0 Å². The van der Waals surface area contributed by atoms with Crippen LogP contribution < -0.4 is 15.0 Å². The van der Waals surface area contributed by atoms with Gasteiger partial charge in [-0.25, -0.2) is 0 Å². The van der Waals surface area contributed by atoms with Crippen molar-refractivity contribution in [3.05, 3.63) is 29.8 Å². The molecule has 1 aromatic rings. The number of ether oxygens (including phenoxy) is 1. The summed E-state index contributed by atoms with van der Waals surface area (Å²) in [5.41, 5.74) is 1.10. The van der Waals surface area contributed by atoms with Crippen molar-refractivity contribution in [2.75, 3.05) is 20.2 Å². The molecule has 0 saturated carbocycles. The maximum absolute atomic E-state index is 12.2. The van der Waals surface area contributed by atoms with Gasteiger partial charge in [0.2, 0.25) is 0 Å². The predicted molar refractivity (Wildman–Crippen MR) is 78.9 cm³/mol. The van der Waals surface area contributed by atoms with Gasteiger partial charge in [0.05, 0.1) is 20.2 Å². The second-order valence-corrected chi connectivity index (χ2v) is 5.51. The van der Waals surface area contributed by atoms with Crippen LogP contribution in [0.1, 0.15) is 31.7 Å². The van der Waals surface area contributed by atoms with E-state index in [0.717, 1.165) is 24.4 Å². The second kappa shape index (κ2) is 7.29. The largest absolute Gasteiger partial charge is 0.497 e. The molecule has 20 heavy (non-hydrogen) atoms. The Morgan fingerprint density at radius 3 is 2.50 bits per heavy atom. The number of rotatable bonds is 5. The van der Waals surface area contributed by atoms with Gasteiger partial charge in [-0.3, -0.25) is 4.79 Å². The second-order valence-electron chi connectivity index (χ2n) is 5.51. The van der Waals surface area contributed by atoms with Gasteiger partial charge < -0.3 is 15.0 Å². The van der Waals surface area contributed by atoms with E-state index in [-0.39, 0.29) is 11.9 Å². The van der Waals surface area contributed by atoms with E-state index in [2.05, 4.69) is 5.32 Å². The molecule has 4 heteroatoms. The fraction of sp³-hybridized carbons (Fsp3) is 0.562. The molecular formula is C16H25N2O2+. The van der Waals surface area contributed by atoms with E-state index in [0.29, 0.717) is 6.54 Å². The summed E-state index contributed by atoms with van der Waals surface area (Å²) >= 11 is 0. The third-order valence-electron chi connectivity index (χ3n) is 4.13. The number of quaternary nitrogens is 1. The minimum atomic E-state index is 0.0496. The van der Waals surface area contributed by atoms with Gasteiger partial charge in [-0.1, -0.05) is 12.1 Å². The fourth-order valence-electron chi connectivity index (χ4n) is 2.71. The van der Waals surface area contributed by atoms with Crippen molar-refractivity contribution in [3.8, 4) is 5.75 Å². The molecule has 1 amide bonds. The molecule has 1 aliphatic heterocycles. The van der Waals surface area contributed by atoms with Gasteiger partial charge >= 0.3 is 0 Å². The van der Waals surface area contributed by atoms with Gasteiger partial charge in [0, 0.05) is 6.54 Å². The monoisotopic (exact) mass is 277 g/mol. The normalized spacial score (nSPS) is 17.5. The molecule has 0 radical (unpaired) electrons. The van der Waals surface area contributed by atoms with Crippen molar-refractivity contribution in [3.63, 3.8) is 0 Å². The minimum Gasteiger partial charge on any atom is -0.497 e. The Kier molecular flexibility index (Phi) is 5.41. The lowest BCUT2D eigenvalue weighted by Crippen LogP contribution is -3.17. The molecule has 4 nitrogen and oxygen atoms in total. The number of methoxy groups -OCH3 is 1. The molecule has 0 spiro atoms. The smallest absolute Gasteiger partial charge is 0.278 e. The average Bonchev–Trinajstić information content (AvgIpc) is 2.53. The molecule has 1 aromatic carbocycles. The van der Waals surface area contributed by atoms with E-state index in [1.54, 1.807) is 7.11 Å². The Labute approximate surface area is 121 Å². The molecule has 1 saturated heterocycles. The molecule has 1 heterocycles. The molecule has 0 aliphatic carbocycles. The maximum Gasteiger partial charge on any atom is 0.278 e. The van der Waals surface area contributed by atoms with E-state index in [1.165, 1.54) is 24.2 Å². The number of likely N-dealkylation sites (tertiary alicyclic amines) is 1. The zero-order valence-corrected chi connectivity index (χ0v) is 12.4.